The number of alkyl halides is 3. The molecular weight excluding hydrogens is 467 g/mol. The molecule has 0 saturated heterocycles. The van der Waals surface area contributed by atoms with E-state index in [1.165, 1.54) is 12.1 Å². The van der Waals surface area contributed by atoms with Crippen LogP contribution >= 0.6 is 0 Å². The number of nitrogens with one attached hydrogen (secondary N) is 2. The lowest BCUT2D eigenvalue weighted by atomic mass is 10.0. The van der Waals surface area contributed by atoms with Crippen molar-refractivity contribution < 1.29 is 26.3 Å². The molecule has 1 heterocycles. The third kappa shape index (κ3) is 4.86. The number of aromatic nitrogens is 2. The van der Waals surface area contributed by atoms with Crippen LogP contribution in [0.5, 0.6) is 5.75 Å². The van der Waals surface area contributed by atoms with Crippen LogP contribution in [0.1, 0.15) is 29.6 Å². The number of hydrogen-bond donors (Lipinski definition) is 2. The van der Waals surface area contributed by atoms with Gasteiger partial charge in [0.05, 0.1) is 23.0 Å². The predicted octanol–water partition coefficient (Wildman–Crippen LogP) is 5.77. The van der Waals surface area contributed by atoms with Gasteiger partial charge >= 0.3 is 6.36 Å². The zero-order valence-electron chi connectivity index (χ0n) is 17.9. The molecule has 1 aliphatic rings. The standard InChI is InChI=1S/C24H20F3N3O3S/c1-34(31,32)30-20-5-3-2-4-17(20)15-8-11-21-22(12-15)29-23(28-21)19-13-18(19)14-6-9-16(10-7-14)33-24(25,26)27/h2-12,18-19,30H,13H2,1H3,(H,28,29). The second kappa shape index (κ2) is 8.05. The Labute approximate surface area is 193 Å². The van der Waals surface area contributed by atoms with Crippen molar-refractivity contribution in [2.24, 2.45) is 0 Å². The van der Waals surface area contributed by atoms with Crippen molar-refractivity contribution in [3.05, 3.63) is 78.1 Å². The van der Waals surface area contributed by atoms with Crippen molar-refractivity contribution in [1.82, 2.24) is 9.97 Å². The first-order valence-electron chi connectivity index (χ1n) is 10.5. The van der Waals surface area contributed by atoms with Crippen LogP contribution in [0.2, 0.25) is 0 Å². The lowest BCUT2D eigenvalue weighted by Crippen LogP contribution is -2.16. The normalized spacial score (nSPS) is 18.1. The van der Waals surface area contributed by atoms with Gasteiger partial charge in [0.2, 0.25) is 10.0 Å². The number of para-hydroxylation sites is 1. The van der Waals surface area contributed by atoms with Crippen molar-refractivity contribution in [1.29, 1.82) is 0 Å². The molecule has 0 radical (unpaired) electrons. The molecule has 34 heavy (non-hydrogen) atoms. The molecule has 1 aromatic heterocycles. The largest absolute Gasteiger partial charge is 0.573 e. The number of sulfonamides is 1. The van der Waals surface area contributed by atoms with Crippen LogP contribution in [0.25, 0.3) is 22.2 Å². The number of H-pyrrole nitrogens is 1. The van der Waals surface area contributed by atoms with Gasteiger partial charge in [0, 0.05) is 11.5 Å². The summed E-state index contributed by atoms with van der Waals surface area (Å²) in [6.45, 7) is 0. The van der Waals surface area contributed by atoms with Gasteiger partial charge in [-0.1, -0.05) is 36.4 Å². The Morgan fingerprint density at radius 3 is 2.47 bits per heavy atom. The summed E-state index contributed by atoms with van der Waals surface area (Å²) < 4.78 is 67.0. The highest BCUT2D eigenvalue weighted by molar-refractivity contribution is 7.92. The summed E-state index contributed by atoms with van der Waals surface area (Å²) in [6.07, 6.45) is -2.76. The van der Waals surface area contributed by atoms with E-state index in [0.29, 0.717) is 5.69 Å². The molecule has 0 spiro atoms. The fraction of sp³-hybridized carbons (Fsp3) is 0.208. The van der Waals surface area contributed by atoms with Gasteiger partial charge in [0.1, 0.15) is 11.6 Å². The lowest BCUT2D eigenvalue weighted by Gasteiger charge is -2.10. The molecule has 3 aromatic carbocycles. The molecule has 1 fully saturated rings. The molecule has 1 saturated carbocycles. The van der Waals surface area contributed by atoms with Crippen LogP contribution in [-0.4, -0.2) is 31.0 Å². The Balaban J connectivity index is 1.37. The molecule has 5 rings (SSSR count). The number of ether oxygens (including phenoxy) is 1. The SMILES string of the molecule is CS(=O)(=O)Nc1ccccc1-c1ccc2[nH]c(C3CC3c3ccc(OC(F)(F)F)cc3)nc2c1. The molecule has 1 aliphatic carbocycles. The number of anilines is 1. The van der Waals surface area contributed by atoms with Crippen molar-refractivity contribution >= 4 is 26.7 Å². The Morgan fingerprint density at radius 2 is 1.76 bits per heavy atom. The van der Waals surface area contributed by atoms with Crippen molar-refractivity contribution in [3.63, 3.8) is 0 Å². The van der Waals surface area contributed by atoms with E-state index in [1.54, 1.807) is 24.3 Å². The summed E-state index contributed by atoms with van der Waals surface area (Å²) in [5, 5.41) is 0. The zero-order chi connectivity index (χ0) is 24.1. The molecular formula is C24H20F3N3O3S. The van der Waals surface area contributed by atoms with Crippen LogP contribution < -0.4 is 9.46 Å². The van der Waals surface area contributed by atoms with Gasteiger partial charge in [-0.25, -0.2) is 13.4 Å². The van der Waals surface area contributed by atoms with E-state index >= 15 is 0 Å². The first-order chi connectivity index (χ1) is 16.1. The van der Waals surface area contributed by atoms with Crippen molar-refractivity contribution in [3.8, 4) is 16.9 Å². The first-order valence-corrected chi connectivity index (χ1v) is 12.4. The number of nitrogens with zero attached hydrogens (tertiary/aromatic N) is 1. The maximum absolute atomic E-state index is 12.4. The fourth-order valence-corrected chi connectivity index (χ4v) is 4.75. The predicted molar refractivity (Wildman–Crippen MR) is 123 cm³/mol. The van der Waals surface area contributed by atoms with Gasteiger partial charge in [-0.2, -0.15) is 0 Å². The second-order valence-electron chi connectivity index (χ2n) is 8.34. The highest BCUT2D eigenvalue weighted by Gasteiger charge is 2.42. The molecule has 2 N–H and O–H groups in total. The molecule has 2 atom stereocenters. The number of aromatic amines is 1. The van der Waals surface area contributed by atoms with Gasteiger partial charge in [-0.15, -0.1) is 13.2 Å². The number of benzene rings is 3. The Kier molecular flexibility index (Phi) is 5.27. The number of halogens is 3. The summed E-state index contributed by atoms with van der Waals surface area (Å²) in [5.41, 5.74) is 4.59. The smallest absolute Gasteiger partial charge is 0.406 e. The summed E-state index contributed by atoms with van der Waals surface area (Å²) in [6, 6.07) is 18.8. The molecule has 0 aliphatic heterocycles. The maximum atomic E-state index is 12.4. The number of fused-ring (bicyclic) bond motifs is 1. The molecule has 4 aromatic rings. The molecule has 0 amide bonds. The zero-order valence-corrected chi connectivity index (χ0v) is 18.7. The van der Waals surface area contributed by atoms with Crippen LogP contribution in [0.15, 0.2) is 66.7 Å². The summed E-state index contributed by atoms with van der Waals surface area (Å²) >= 11 is 0. The van der Waals surface area contributed by atoms with Gasteiger partial charge in [0.15, 0.2) is 0 Å². The molecule has 0 bridgehead atoms. The Bertz CT molecular complexity index is 1460. The first kappa shape index (κ1) is 22.3. The average molecular weight is 488 g/mol. The van der Waals surface area contributed by atoms with E-state index in [-0.39, 0.29) is 17.6 Å². The fourth-order valence-electron chi connectivity index (χ4n) is 4.17. The van der Waals surface area contributed by atoms with E-state index < -0.39 is 16.4 Å². The third-order valence-corrected chi connectivity index (χ3v) is 6.31. The monoisotopic (exact) mass is 487 g/mol. The Morgan fingerprint density at radius 1 is 1.03 bits per heavy atom. The minimum atomic E-state index is -4.71. The van der Waals surface area contributed by atoms with Crippen molar-refractivity contribution in [2.45, 2.75) is 24.6 Å². The van der Waals surface area contributed by atoms with Gasteiger partial charge in [-0.3, -0.25) is 4.72 Å². The highest BCUT2D eigenvalue weighted by Crippen LogP contribution is 2.54. The van der Waals surface area contributed by atoms with Gasteiger partial charge in [-0.05, 0) is 53.8 Å². The number of rotatable bonds is 6. The average Bonchev–Trinajstić information content (AvgIpc) is 3.43. The molecule has 176 valence electrons. The van der Waals surface area contributed by atoms with Crippen LogP contribution in [0.3, 0.4) is 0 Å². The molecule has 2 unspecified atom stereocenters. The van der Waals surface area contributed by atoms with Crippen LogP contribution in [0, 0.1) is 0 Å². The maximum Gasteiger partial charge on any atom is 0.573 e. The third-order valence-electron chi connectivity index (χ3n) is 5.72. The van der Waals surface area contributed by atoms with Crippen molar-refractivity contribution in [2.75, 3.05) is 11.0 Å². The quantitative estimate of drug-likeness (QED) is 0.362. The Hall–Kier alpha value is -3.53. The minimum absolute atomic E-state index is 0.143. The second-order valence-corrected chi connectivity index (χ2v) is 10.1. The number of imidazole rings is 1. The van der Waals surface area contributed by atoms with Crippen LogP contribution in [0.4, 0.5) is 18.9 Å². The number of hydrogen-bond acceptors (Lipinski definition) is 4. The van der Waals surface area contributed by atoms with Gasteiger partial charge in [0.25, 0.3) is 0 Å². The molecule has 10 heteroatoms. The summed E-state index contributed by atoms with van der Waals surface area (Å²) in [5.74, 6) is 0.884. The van der Waals surface area contributed by atoms with E-state index in [0.717, 1.165) is 46.2 Å². The van der Waals surface area contributed by atoms with E-state index in [1.807, 2.05) is 30.3 Å². The minimum Gasteiger partial charge on any atom is -0.406 e. The van der Waals surface area contributed by atoms with E-state index in [2.05, 4.69) is 14.4 Å². The summed E-state index contributed by atoms with van der Waals surface area (Å²) in [4.78, 5) is 8.07. The topological polar surface area (TPSA) is 84.1 Å². The molecule has 6 nitrogen and oxygen atoms in total. The highest BCUT2D eigenvalue weighted by atomic mass is 32.2. The lowest BCUT2D eigenvalue weighted by molar-refractivity contribution is -0.274. The summed E-state index contributed by atoms with van der Waals surface area (Å²) in [7, 11) is -3.43. The van der Waals surface area contributed by atoms with Crippen LogP contribution in [-0.2, 0) is 10.0 Å². The van der Waals surface area contributed by atoms with E-state index in [4.69, 9.17) is 4.98 Å². The van der Waals surface area contributed by atoms with Gasteiger partial charge < -0.3 is 9.72 Å². The van der Waals surface area contributed by atoms with E-state index in [9.17, 15) is 21.6 Å².